The number of aromatic nitrogens is 6. The number of benzene rings is 2. The van der Waals surface area contributed by atoms with E-state index in [0.29, 0.717) is 35.3 Å². The van der Waals surface area contributed by atoms with Crippen molar-refractivity contribution in [2.45, 2.75) is 85.9 Å². The molecule has 55 heavy (non-hydrogen) atoms. The van der Waals surface area contributed by atoms with Crippen molar-refractivity contribution in [2.75, 3.05) is 0 Å². The van der Waals surface area contributed by atoms with Crippen molar-refractivity contribution in [1.29, 1.82) is 0 Å². The molecular weight excluding hydrogens is 737 g/mol. The molecule has 3 heterocycles. The first-order chi connectivity index (χ1) is 25.8. The molecule has 5 N–H and O–H groups in total. The van der Waals surface area contributed by atoms with Crippen LogP contribution in [0.1, 0.15) is 80.6 Å². The third-order valence-electron chi connectivity index (χ3n) is 7.99. The van der Waals surface area contributed by atoms with E-state index in [1.807, 2.05) is 85.7 Å². The Morgan fingerprint density at radius 2 is 1.36 bits per heavy atom. The third-order valence-corrected chi connectivity index (χ3v) is 8.41. The molecule has 12 nitrogen and oxygen atoms in total. The third kappa shape index (κ3) is 14.1. The molecule has 5 aromatic rings. The van der Waals surface area contributed by atoms with Crippen LogP contribution in [0.3, 0.4) is 0 Å². The lowest BCUT2D eigenvalue weighted by Crippen LogP contribution is -2.22. The van der Waals surface area contributed by atoms with Gasteiger partial charge in [0.25, 0.3) is 0 Å². The van der Waals surface area contributed by atoms with Gasteiger partial charge in [-0.2, -0.15) is 5.10 Å². The summed E-state index contributed by atoms with van der Waals surface area (Å²) in [5, 5.41) is 13.4. The number of carbonyl (C=O) groups is 2. The Bertz CT molecular complexity index is 2150. The highest BCUT2D eigenvalue weighted by Gasteiger charge is 2.16. The van der Waals surface area contributed by atoms with Crippen LogP contribution in [0.5, 0.6) is 0 Å². The number of halogens is 2. The van der Waals surface area contributed by atoms with E-state index in [-0.39, 0.29) is 22.4 Å². The van der Waals surface area contributed by atoms with Crippen LogP contribution in [0.4, 0.5) is 0 Å². The van der Waals surface area contributed by atoms with Crippen LogP contribution in [0.2, 0.25) is 10.3 Å². The maximum atomic E-state index is 12.4. The van der Waals surface area contributed by atoms with E-state index in [1.165, 1.54) is 31.2 Å². The van der Waals surface area contributed by atoms with Gasteiger partial charge in [0.1, 0.15) is 23.0 Å². The second kappa shape index (κ2) is 19.9. The summed E-state index contributed by atoms with van der Waals surface area (Å²) in [6, 6.07) is 15.6. The molecule has 0 saturated carbocycles. The molecule has 0 radical (unpaired) electrons. The van der Waals surface area contributed by atoms with Gasteiger partial charge in [-0.3, -0.25) is 14.5 Å². The number of nitrogens with two attached hydrogens (primary N) is 2. The molecule has 0 spiro atoms. The zero-order valence-corrected chi connectivity index (χ0v) is 34.0. The lowest BCUT2D eigenvalue weighted by Gasteiger charge is -2.18. The summed E-state index contributed by atoms with van der Waals surface area (Å²) in [6.07, 6.45) is 9.69. The number of hydrogen-bond acceptors (Lipinski definition) is 10. The van der Waals surface area contributed by atoms with E-state index in [1.54, 1.807) is 23.0 Å². The smallest absolute Gasteiger partial charge is 0.338 e. The minimum Gasteiger partial charge on any atom is -0.478 e. The predicted octanol–water partition coefficient (Wildman–Crippen LogP) is 8.22. The lowest BCUT2D eigenvalue weighted by molar-refractivity contribution is -0.115. The van der Waals surface area contributed by atoms with Crippen molar-refractivity contribution < 1.29 is 14.7 Å². The van der Waals surface area contributed by atoms with Gasteiger partial charge in [-0.1, -0.05) is 47.5 Å². The van der Waals surface area contributed by atoms with Gasteiger partial charge >= 0.3 is 5.97 Å². The number of carbonyl (C=O) groups excluding carboxylic acids is 1. The number of ketones is 1. The number of carboxylic acid groups (broad SMARTS) is 1. The molecular formula is C41H49Cl2N9O3. The molecule has 0 saturated heterocycles. The topological polar surface area (TPSA) is 188 Å². The number of aliphatic imine (C=N–C) groups is 1. The van der Waals surface area contributed by atoms with Crippen molar-refractivity contribution in [2.24, 2.45) is 16.5 Å². The Kier molecular flexibility index (Phi) is 15.9. The number of aromatic carboxylic acids is 1. The van der Waals surface area contributed by atoms with Crippen LogP contribution in [-0.2, 0) is 23.3 Å². The first kappa shape index (κ1) is 44.1. The van der Waals surface area contributed by atoms with Crippen LogP contribution in [0, 0.1) is 13.8 Å². The largest absolute Gasteiger partial charge is 0.478 e. The Labute approximate surface area is 332 Å². The van der Waals surface area contributed by atoms with Crippen molar-refractivity contribution in [3.05, 3.63) is 123 Å². The van der Waals surface area contributed by atoms with E-state index in [2.05, 4.69) is 36.1 Å². The molecule has 0 aliphatic carbocycles. The maximum Gasteiger partial charge on any atom is 0.338 e. The zero-order valence-electron chi connectivity index (χ0n) is 32.5. The fraction of sp³-hybridized carbons (Fsp3) is 0.317. The molecule has 5 rings (SSSR count). The van der Waals surface area contributed by atoms with Gasteiger partial charge in [0.15, 0.2) is 5.78 Å². The minimum atomic E-state index is -0.939. The van der Waals surface area contributed by atoms with Gasteiger partial charge in [0.05, 0.1) is 39.8 Å². The molecule has 3 aromatic heterocycles. The zero-order chi connectivity index (χ0) is 40.9. The van der Waals surface area contributed by atoms with Crippen molar-refractivity contribution in [3.63, 3.8) is 0 Å². The maximum absolute atomic E-state index is 12.4. The standard InChI is InChI=1S/C21H25ClN4O.C12H12ClN3.C8H12N2O2/c1-14-9-16(18-10-20(22)25-13-24-18)6-5-15(14)7-8-19(27)17(11-23)12-26-21(2,3)4;1-8-4-9(2-3-10(8)6-14)11-5-12(13)16-7-15-11;1-8(2,3)10-5-6(4-9-10)7(11)12/h5-6,9-13H,7-8,23H2,1-4H3;2-5,7H,6,14H2,1H3;4-5H,1-3H3,(H,11,12). The molecule has 0 fully saturated rings. The van der Waals surface area contributed by atoms with Crippen LogP contribution in [0.25, 0.3) is 22.5 Å². The monoisotopic (exact) mass is 785 g/mol. The number of allylic oxidation sites excluding steroid dienone is 1. The summed E-state index contributed by atoms with van der Waals surface area (Å²) < 4.78 is 1.64. The van der Waals surface area contributed by atoms with Crippen molar-refractivity contribution in [3.8, 4) is 22.5 Å². The second-order valence-corrected chi connectivity index (χ2v) is 15.3. The van der Waals surface area contributed by atoms with Gasteiger partial charge in [-0.05, 0) is 96.2 Å². The summed E-state index contributed by atoms with van der Waals surface area (Å²) in [5.74, 6) is -0.956. The molecule has 0 bridgehead atoms. The minimum absolute atomic E-state index is 0.0171. The molecule has 0 aliphatic heterocycles. The summed E-state index contributed by atoms with van der Waals surface area (Å²) >= 11 is 11.8. The average Bonchev–Trinajstić information content (AvgIpc) is 3.64. The Hall–Kier alpha value is -5.30. The van der Waals surface area contributed by atoms with Crippen molar-refractivity contribution in [1.82, 2.24) is 29.7 Å². The number of hydrogen-bond donors (Lipinski definition) is 3. The van der Waals surface area contributed by atoms with Crippen LogP contribution < -0.4 is 11.5 Å². The molecule has 14 heteroatoms. The first-order valence-electron chi connectivity index (χ1n) is 17.4. The highest BCUT2D eigenvalue weighted by Crippen LogP contribution is 2.24. The normalized spacial score (nSPS) is 11.7. The quantitative estimate of drug-likeness (QED) is 0.0746. The Morgan fingerprint density at radius 1 is 0.836 bits per heavy atom. The van der Waals surface area contributed by atoms with E-state index >= 15 is 0 Å². The number of Topliss-reactive ketones (excluding diaryl/α,β-unsaturated/α-hetero) is 1. The second-order valence-electron chi connectivity index (χ2n) is 14.6. The highest BCUT2D eigenvalue weighted by atomic mass is 35.5. The number of nitrogens with zero attached hydrogens (tertiary/aromatic N) is 7. The van der Waals surface area contributed by atoms with Gasteiger partial charge in [0.2, 0.25) is 0 Å². The fourth-order valence-corrected chi connectivity index (χ4v) is 5.16. The lowest BCUT2D eigenvalue weighted by atomic mass is 9.97. The summed E-state index contributed by atoms with van der Waals surface area (Å²) in [4.78, 5) is 43.5. The SMILES string of the molecule is CC(C)(C)n1cc(C(=O)O)cn1.Cc1cc(-c2cc(Cl)ncn2)ccc1CCC(=O)C(C=NC(C)(C)C)=CN.Cc1cc(-c2cc(Cl)ncn2)ccc1CN. The molecule has 290 valence electrons. The molecule has 0 aliphatic rings. The van der Waals surface area contributed by atoms with Gasteiger partial charge in [-0.15, -0.1) is 0 Å². The van der Waals surface area contributed by atoms with Gasteiger partial charge in [0, 0.05) is 54.8 Å². The van der Waals surface area contributed by atoms with E-state index < -0.39 is 5.97 Å². The fourth-order valence-electron chi connectivity index (χ4n) is 4.87. The Balaban J connectivity index is 0.000000244. The van der Waals surface area contributed by atoms with Crippen LogP contribution in [0.15, 0.2) is 90.3 Å². The first-order valence-corrected chi connectivity index (χ1v) is 18.2. The van der Waals surface area contributed by atoms with Crippen molar-refractivity contribution >= 4 is 41.2 Å². The molecule has 2 aromatic carbocycles. The van der Waals surface area contributed by atoms with Gasteiger partial charge < -0.3 is 16.6 Å². The van der Waals surface area contributed by atoms with Crippen LogP contribution >= 0.6 is 23.2 Å². The summed E-state index contributed by atoms with van der Waals surface area (Å²) in [6.45, 7) is 16.4. The van der Waals surface area contributed by atoms with E-state index in [4.69, 9.17) is 39.8 Å². The van der Waals surface area contributed by atoms with E-state index in [0.717, 1.165) is 44.8 Å². The molecule has 0 amide bonds. The molecule has 0 atom stereocenters. The van der Waals surface area contributed by atoms with E-state index in [9.17, 15) is 9.59 Å². The summed E-state index contributed by atoms with van der Waals surface area (Å²) in [5.41, 5.74) is 19.6. The average molecular weight is 787 g/mol. The number of rotatable bonds is 9. The van der Waals surface area contributed by atoms with Crippen LogP contribution in [-0.4, -0.2) is 58.3 Å². The number of aryl methyl sites for hydroxylation is 3. The Morgan fingerprint density at radius 3 is 1.75 bits per heavy atom. The number of carboxylic acids is 1. The predicted molar refractivity (Wildman–Crippen MR) is 220 cm³/mol. The summed E-state index contributed by atoms with van der Waals surface area (Å²) in [7, 11) is 0. The van der Waals surface area contributed by atoms with Gasteiger partial charge in [-0.25, -0.2) is 24.7 Å². The molecule has 0 unspecified atom stereocenters. The highest BCUT2D eigenvalue weighted by molar-refractivity contribution is 6.29.